The highest BCUT2D eigenvalue weighted by Crippen LogP contribution is 2.29. The Labute approximate surface area is 134 Å². The minimum atomic E-state index is -4.59. The monoisotopic (exact) mass is 337 g/mol. The molecule has 1 aliphatic rings. The molecule has 4 heterocycles. The molecule has 0 saturated carbocycles. The number of rotatable bonds is 2. The summed E-state index contributed by atoms with van der Waals surface area (Å²) in [6.07, 6.45) is 0.909. The molecular weight excluding hydrogens is 323 g/mol. The van der Waals surface area contributed by atoms with Crippen molar-refractivity contribution in [3.05, 3.63) is 36.4 Å². The maximum absolute atomic E-state index is 13.0. The molecule has 0 aromatic carbocycles. The van der Waals surface area contributed by atoms with Crippen molar-refractivity contribution in [1.29, 1.82) is 0 Å². The predicted octanol–water partition coefficient (Wildman–Crippen LogP) is 2.18. The first-order valence-electron chi connectivity index (χ1n) is 7.56. The molecular formula is C14H14F3N7. The third kappa shape index (κ3) is 2.57. The number of alkyl halides is 3. The summed E-state index contributed by atoms with van der Waals surface area (Å²) in [5.74, 6) is -0.635. The van der Waals surface area contributed by atoms with E-state index in [-0.39, 0.29) is 11.7 Å². The average Bonchev–Trinajstić information content (AvgIpc) is 3.23. The quantitative estimate of drug-likeness (QED) is 0.717. The zero-order valence-corrected chi connectivity index (χ0v) is 12.6. The van der Waals surface area contributed by atoms with Gasteiger partial charge in [-0.25, -0.2) is 0 Å². The largest absolute Gasteiger partial charge is 0.453 e. The molecule has 1 saturated heterocycles. The first-order valence-corrected chi connectivity index (χ1v) is 7.56. The zero-order valence-electron chi connectivity index (χ0n) is 12.6. The van der Waals surface area contributed by atoms with Crippen molar-refractivity contribution in [3.63, 3.8) is 0 Å². The SMILES string of the molecule is FC(F)(F)c1nnc2ccc(N3CCCC(n4cccn4)C3)nn12. The number of fused-ring (bicyclic) bond motifs is 1. The second-order valence-corrected chi connectivity index (χ2v) is 5.71. The minimum Gasteiger partial charge on any atom is -0.353 e. The van der Waals surface area contributed by atoms with Crippen LogP contribution in [0.3, 0.4) is 0 Å². The van der Waals surface area contributed by atoms with Gasteiger partial charge >= 0.3 is 6.18 Å². The minimum absolute atomic E-state index is 0.0757. The van der Waals surface area contributed by atoms with E-state index in [1.165, 1.54) is 6.07 Å². The molecule has 0 radical (unpaired) electrons. The summed E-state index contributed by atoms with van der Waals surface area (Å²) in [5.41, 5.74) is 0.0757. The van der Waals surface area contributed by atoms with Crippen molar-refractivity contribution in [2.24, 2.45) is 0 Å². The fourth-order valence-corrected chi connectivity index (χ4v) is 3.00. The van der Waals surface area contributed by atoms with Gasteiger partial charge in [0.25, 0.3) is 5.82 Å². The van der Waals surface area contributed by atoms with Crippen LogP contribution in [-0.2, 0) is 6.18 Å². The van der Waals surface area contributed by atoms with Gasteiger partial charge in [-0.1, -0.05) is 0 Å². The number of nitrogens with zero attached hydrogens (tertiary/aromatic N) is 7. The standard InChI is InChI=1S/C14H14F3N7/c15-14(16,17)13-20-19-11-4-5-12(21-24(11)13)22-7-1-3-10(9-22)23-8-2-6-18-23/h2,4-6,8,10H,1,3,7,9H2. The van der Waals surface area contributed by atoms with Crippen molar-refractivity contribution in [2.45, 2.75) is 25.1 Å². The number of aromatic nitrogens is 6. The Morgan fingerprint density at radius 3 is 2.79 bits per heavy atom. The third-order valence-corrected chi connectivity index (χ3v) is 4.12. The molecule has 10 heteroatoms. The van der Waals surface area contributed by atoms with Crippen LogP contribution in [-0.4, -0.2) is 42.7 Å². The lowest BCUT2D eigenvalue weighted by Gasteiger charge is -2.33. The number of anilines is 1. The molecule has 1 fully saturated rings. The van der Waals surface area contributed by atoms with E-state index in [0.717, 1.165) is 23.9 Å². The molecule has 0 N–H and O–H groups in total. The molecule has 3 aromatic rings. The normalized spacial score (nSPS) is 19.1. The van der Waals surface area contributed by atoms with Crippen LogP contribution >= 0.6 is 0 Å². The summed E-state index contributed by atoms with van der Waals surface area (Å²) in [7, 11) is 0. The number of hydrogen-bond donors (Lipinski definition) is 0. The van der Waals surface area contributed by atoms with Gasteiger partial charge in [-0.15, -0.1) is 15.3 Å². The Morgan fingerprint density at radius 1 is 1.17 bits per heavy atom. The van der Waals surface area contributed by atoms with Gasteiger partial charge in [0.05, 0.1) is 6.04 Å². The van der Waals surface area contributed by atoms with Crippen LogP contribution in [0.4, 0.5) is 19.0 Å². The topological polar surface area (TPSA) is 64.1 Å². The highest BCUT2D eigenvalue weighted by atomic mass is 19.4. The Balaban J connectivity index is 1.66. The number of halogens is 3. The van der Waals surface area contributed by atoms with Gasteiger partial charge < -0.3 is 4.90 Å². The van der Waals surface area contributed by atoms with E-state index in [0.29, 0.717) is 12.4 Å². The lowest BCUT2D eigenvalue weighted by molar-refractivity contribution is -0.146. The molecule has 1 atom stereocenters. The molecule has 0 amide bonds. The summed E-state index contributed by atoms with van der Waals surface area (Å²) in [6, 6.07) is 5.21. The molecule has 1 aliphatic heterocycles. The van der Waals surface area contributed by atoms with Crippen molar-refractivity contribution in [1.82, 2.24) is 29.6 Å². The summed E-state index contributed by atoms with van der Waals surface area (Å²) in [4.78, 5) is 1.97. The molecule has 0 aliphatic carbocycles. The van der Waals surface area contributed by atoms with E-state index >= 15 is 0 Å². The smallest absolute Gasteiger partial charge is 0.353 e. The van der Waals surface area contributed by atoms with E-state index in [1.54, 1.807) is 12.3 Å². The zero-order chi connectivity index (χ0) is 16.7. The molecule has 7 nitrogen and oxygen atoms in total. The fourth-order valence-electron chi connectivity index (χ4n) is 3.00. The molecule has 1 unspecified atom stereocenters. The first-order chi connectivity index (χ1) is 11.5. The van der Waals surface area contributed by atoms with Crippen LogP contribution < -0.4 is 4.90 Å². The van der Waals surface area contributed by atoms with E-state index in [9.17, 15) is 13.2 Å². The summed E-state index contributed by atoms with van der Waals surface area (Å²) >= 11 is 0. The fraction of sp³-hybridized carbons (Fsp3) is 0.429. The Morgan fingerprint density at radius 2 is 2.04 bits per heavy atom. The van der Waals surface area contributed by atoms with E-state index in [1.807, 2.05) is 21.8 Å². The molecule has 24 heavy (non-hydrogen) atoms. The molecule has 4 rings (SSSR count). The highest BCUT2D eigenvalue weighted by molar-refractivity contribution is 5.46. The van der Waals surface area contributed by atoms with Crippen LogP contribution in [0.25, 0.3) is 5.65 Å². The van der Waals surface area contributed by atoms with E-state index in [4.69, 9.17) is 0 Å². The van der Waals surface area contributed by atoms with Crippen LogP contribution in [0.1, 0.15) is 24.7 Å². The van der Waals surface area contributed by atoms with E-state index < -0.39 is 12.0 Å². The van der Waals surface area contributed by atoms with Gasteiger partial charge in [-0.2, -0.15) is 22.8 Å². The Hall–Kier alpha value is -2.65. The number of piperidine rings is 1. The van der Waals surface area contributed by atoms with Gasteiger partial charge in [0.1, 0.15) is 5.82 Å². The van der Waals surface area contributed by atoms with Crippen LogP contribution in [0, 0.1) is 0 Å². The average molecular weight is 337 g/mol. The maximum Gasteiger partial charge on any atom is 0.453 e. The van der Waals surface area contributed by atoms with Crippen molar-refractivity contribution in [3.8, 4) is 0 Å². The lowest BCUT2D eigenvalue weighted by Crippen LogP contribution is -2.37. The summed E-state index contributed by atoms with van der Waals surface area (Å²) in [6.45, 7) is 1.38. The van der Waals surface area contributed by atoms with Crippen LogP contribution in [0.5, 0.6) is 0 Å². The second-order valence-electron chi connectivity index (χ2n) is 5.71. The first kappa shape index (κ1) is 14.9. The summed E-state index contributed by atoms with van der Waals surface area (Å²) in [5, 5.41) is 15.1. The lowest BCUT2D eigenvalue weighted by atomic mass is 10.1. The van der Waals surface area contributed by atoms with Gasteiger partial charge in [-0.3, -0.25) is 4.68 Å². The predicted molar refractivity (Wildman–Crippen MR) is 78.5 cm³/mol. The van der Waals surface area contributed by atoms with Gasteiger partial charge in [-0.05, 0) is 31.0 Å². The Kier molecular flexibility index (Phi) is 3.39. The van der Waals surface area contributed by atoms with Gasteiger partial charge in [0, 0.05) is 25.5 Å². The van der Waals surface area contributed by atoms with E-state index in [2.05, 4.69) is 20.4 Å². The van der Waals surface area contributed by atoms with Crippen LogP contribution in [0.2, 0.25) is 0 Å². The van der Waals surface area contributed by atoms with Crippen molar-refractivity contribution in [2.75, 3.05) is 18.0 Å². The van der Waals surface area contributed by atoms with Crippen molar-refractivity contribution < 1.29 is 13.2 Å². The Bertz CT molecular complexity index is 840. The highest BCUT2D eigenvalue weighted by Gasteiger charge is 2.38. The molecule has 0 bridgehead atoms. The maximum atomic E-state index is 13.0. The second kappa shape index (κ2) is 5.46. The summed E-state index contributed by atoms with van der Waals surface area (Å²) < 4.78 is 41.6. The molecule has 126 valence electrons. The van der Waals surface area contributed by atoms with Crippen molar-refractivity contribution >= 4 is 11.5 Å². The van der Waals surface area contributed by atoms with Gasteiger partial charge in [0.15, 0.2) is 5.65 Å². The molecule has 0 spiro atoms. The number of hydrogen-bond acceptors (Lipinski definition) is 5. The van der Waals surface area contributed by atoms with Crippen LogP contribution in [0.15, 0.2) is 30.6 Å². The molecule has 3 aromatic heterocycles. The third-order valence-electron chi connectivity index (χ3n) is 4.12. The van der Waals surface area contributed by atoms with Gasteiger partial charge in [0.2, 0.25) is 0 Å².